The fourth-order valence-corrected chi connectivity index (χ4v) is 3.84. The van der Waals surface area contributed by atoms with Crippen molar-refractivity contribution in [1.82, 2.24) is 10.2 Å². The fraction of sp³-hybridized carbons (Fsp3) is 0.348. The van der Waals surface area contributed by atoms with E-state index in [0.29, 0.717) is 23.9 Å². The second kappa shape index (κ2) is 12.4. The van der Waals surface area contributed by atoms with Crippen LogP contribution in [0, 0.1) is 16.7 Å². The Hall–Kier alpha value is -2.61. The molecule has 2 aromatic carbocycles. The minimum absolute atomic E-state index is 0. The van der Waals surface area contributed by atoms with Crippen LogP contribution in [0.4, 0.5) is 0 Å². The van der Waals surface area contributed by atoms with Gasteiger partial charge >= 0.3 is 5.97 Å². The van der Waals surface area contributed by atoms with Crippen molar-refractivity contribution in [3.8, 4) is 11.1 Å². The van der Waals surface area contributed by atoms with Gasteiger partial charge in [0.2, 0.25) is 0 Å². The molecule has 174 valence electrons. The molecule has 0 bridgehead atoms. The summed E-state index contributed by atoms with van der Waals surface area (Å²) in [6.07, 6.45) is 2.11. The second-order valence-electron chi connectivity index (χ2n) is 7.86. The average molecular weight is 480 g/mol. The van der Waals surface area contributed by atoms with Crippen LogP contribution in [0.5, 0.6) is 0 Å². The minimum Gasteiger partial charge on any atom is -0.478 e. The molecule has 0 radical (unpaired) electrons. The lowest BCUT2D eigenvalue weighted by Crippen LogP contribution is -2.39. The number of nitrogens with one attached hydrogen (secondary N) is 3. The molecule has 0 atom stereocenters. The second-order valence-corrected chi connectivity index (χ2v) is 7.86. The number of nitrogens with two attached hydrogens (primary N) is 1. The largest absolute Gasteiger partial charge is 0.478 e. The molecule has 1 aliphatic rings. The first-order valence-electron chi connectivity index (χ1n) is 10.2. The van der Waals surface area contributed by atoms with E-state index < -0.39 is 5.97 Å². The van der Waals surface area contributed by atoms with Gasteiger partial charge in [-0.3, -0.25) is 10.8 Å². The molecule has 6 N–H and O–H groups in total. The van der Waals surface area contributed by atoms with Gasteiger partial charge in [0.1, 0.15) is 5.84 Å². The highest BCUT2D eigenvalue weighted by molar-refractivity contribution is 5.96. The number of hydrogen-bond donors (Lipinski definition) is 5. The van der Waals surface area contributed by atoms with Gasteiger partial charge < -0.3 is 21.1 Å². The number of rotatable bonds is 7. The number of amidine groups is 2. The molecule has 0 aromatic heterocycles. The molecule has 0 amide bonds. The van der Waals surface area contributed by atoms with E-state index in [-0.39, 0.29) is 36.2 Å². The Bertz CT molecular complexity index is 959. The van der Waals surface area contributed by atoms with Crippen molar-refractivity contribution < 1.29 is 9.90 Å². The molecule has 32 heavy (non-hydrogen) atoms. The Kier molecular flexibility index (Phi) is 10.7. The van der Waals surface area contributed by atoms with Crippen LogP contribution in [0.25, 0.3) is 11.1 Å². The third-order valence-corrected chi connectivity index (χ3v) is 5.60. The van der Waals surface area contributed by atoms with Crippen molar-refractivity contribution in [2.24, 2.45) is 11.7 Å². The number of benzene rings is 2. The number of likely N-dealkylation sites (tertiary alicyclic amines) is 1. The molecule has 1 heterocycles. The number of nitrogens with zero attached hydrogens (tertiary/aromatic N) is 1. The Morgan fingerprint density at radius 1 is 1.09 bits per heavy atom. The number of carbonyl (C=O) groups is 1. The van der Waals surface area contributed by atoms with E-state index in [9.17, 15) is 9.90 Å². The van der Waals surface area contributed by atoms with E-state index >= 15 is 0 Å². The van der Waals surface area contributed by atoms with Gasteiger partial charge in [-0.2, -0.15) is 0 Å². The molecular formula is C23H31Cl2N5O2. The molecule has 0 unspecified atom stereocenters. The maximum absolute atomic E-state index is 11.6. The predicted molar refractivity (Wildman–Crippen MR) is 134 cm³/mol. The molecule has 1 aliphatic heterocycles. The number of carboxylic acid groups (broad SMARTS) is 1. The van der Waals surface area contributed by atoms with Gasteiger partial charge in [-0.1, -0.05) is 18.2 Å². The summed E-state index contributed by atoms with van der Waals surface area (Å²) in [5, 5.41) is 28.4. The standard InChI is InChI=1S/C23H29N5O2.2ClH/c1-15(24)28-7-5-16(6-8-28)13-27-14-17-9-20(12-21(10-17)23(29)30)18-3-2-4-19(11-18)22(25)26;;/h2-4,9-12,16,24,27H,5-8,13-14H2,1H3,(H3,25,26)(H,29,30);2*1H. The van der Waals surface area contributed by atoms with E-state index in [1.807, 2.05) is 25.1 Å². The van der Waals surface area contributed by atoms with E-state index in [1.165, 1.54) is 0 Å². The van der Waals surface area contributed by atoms with Crippen molar-refractivity contribution in [3.63, 3.8) is 0 Å². The number of carboxylic acids is 1. The first kappa shape index (κ1) is 27.4. The van der Waals surface area contributed by atoms with E-state index in [1.54, 1.807) is 24.3 Å². The lowest BCUT2D eigenvalue weighted by atomic mass is 9.96. The van der Waals surface area contributed by atoms with Crippen molar-refractivity contribution >= 4 is 42.5 Å². The van der Waals surface area contributed by atoms with Crippen LogP contribution in [0.3, 0.4) is 0 Å². The molecule has 1 fully saturated rings. The monoisotopic (exact) mass is 479 g/mol. The highest BCUT2D eigenvalue weighted by Gasteiger charge is 2.19. The first-order valence-corrected chi connectivity index (χ1v) is 10.2. The summed E-state index contributed by atoms with van der Waals surface area (Å²) in [4.78, 5) is 13.7. The molecule has 7 nitrogen and oxygen atoms in total. The third kappa shape index (κ3) is 7.22. The van der Waals surface area contributed by atoms with Crippen LogP contribution < -0.4 is 11.1 Å². The average Bonchev–Trinajstić information content (AvgIpc) is 2.74. The van der Waals surface area contributed by atoms with Gasteiger partial charge in [0.15, 0.2) is 0 Å². The highest BCUT2D eigenvalue weighted by atomic mass is 35.5. The van der Waals surface area contributed by atoms with Crippen molar-refractivity contribution in [2.45, 2.75) is 26.3 Å². The van der Waals surface area contributed by atoms with Crippen LogP contribution in [-0.2, 0) is 6.54 Å². The normalized spacial score (nSPS) is 13.6. The molecule has 0 spiro atoms. The zero-order valence-electron chi connectivity index (χ0n) is 18.1. The van der Waals surface area contributed by atoms with Crippen LogP contribution in [0.15, 0.2) is 42.5 Å². The lowest BCUT2D eigenvalue weighted by molar-refractivity contribution is 0.0696. The fourth-order valence-electron chi connectivity index (χ4n) is 3.84. The van der Waals surface area contributed by atoms with Gasteiger partial charge in [0, 0.05) is 25.2 Å². The Balaban J connectivity index is 0.00000256. The molecule has 1 saturated heterocycles. The van der Waals surface area contributed by atoms with Crippen LogP contribution in [0.2, 0.25) is 0 Å². The minimum atomic E-state index is -0.963. The Labute approximate surface area is 201 Å². The van der Waals surface area contributed by atoms with Crippen molar-refractivity contribution in [1.29, 1.82) is 10.8 Å². The number of piperidine rings is 1. The third-order valence-electron chi connectivity index (χ3n) is 5.60. The van der Waals surface area contributed by atoms with Gasteiger partial charge in [0.25, 0.3) is 0 Å². The summed E-state index contributed by atoms with van der Waals surface area (Å²) < 4.78 is 0. The molecule has 0 aliphatic carbocycles. The summed E-state index contributed by atoms with van der Waals surface area (Å²) in [6.45, 7) is 5.14. The highest BCUT2D eigenvalue weighted by Crippen LogP contribution is 2.24. The van der Waals surface area contributed by atoms with Crippen LogP contribution >= 0.6 is 24.8 Å². The smallest absolute Gasteiger partial charge is 0.335 e. The maximum Gasteiger partial charge on any atom is 0.335 e. The van der Waals surface area contributed by atoms with E-state index in [0.717, 1.165) is 49.2 Å². The van der Waals surface area contributed by atoms with Crippen LogP contribution in [0.1, 0.15) is 41.3 Å². The quantitative estimate of drug-likeness (QED) is 0.303. The number of halogens is 2. The first-order chi connectivity index (χ1) is 14.3. The Morgan fingerprint density at radius 3 is 2.34 bits per heavy atom. The van der Waals surface area contributed by atoms with Crippen molar-refractivity contribution in [2.75, 3.05) is 19.6 Å². The summed E-state index contributed by atoms with van der Waals surface area (Å²) >= 11 is 0. The summed E-state index contributed by atoms with van der Waals surface area (Å²) in [5.41, 5.74) is 8.99. The molecule has 2 aromatic rings. The van der Waals surface area contributed by atoms with E-state index in [2.05, 4.69) is 10.2 Å². The summed E-state index contributed by atoms with van der Waals surface area (Å²) in [6, 6.07) is 12.6. The van der Waals surface area contributed by atoms with Gasteiger partial charge in [0.05, 0.1) is 11.4 Å². The Morgan fingerprint density at radius 2 is 1.75 bits per heavy atom. The topological polar surface area (TPSA) is 126 Å². The SMILES string of the molecule is CC(=N)N1CCC(CNCc2cc(C(=O)O)cc(-c3cccc(C(=N)N)c3)c2)CC1.Cl.Cl. The molecule has 3 rings (SSSR count). The zero-order valence-corrected chi connectivity index (χ0v) is 19.7. The summed E-state index contributed by atoms with van der Waals surface area (Å²) in [5.74, 6) is 0.218. The number of aromatic carboxylic acids is 1. The van der Waals surface area contributed by atoms with Gasteiger partial charge in [-0.25, -0.2) is 4.79 Å². The van der Waals surface area contributed by atoms with Crippen LogP contribution in [-0.4, -0.2) is 47.3 Å². The molecular weight excluding hydrogens is 449 g/mol. The number of nitrogen functional groups attached to an aromatic ring is 1. The van der Waals surface area contributed by atoms with Gasteiger partial charge in [-0.15, -0.1) is 24.8 Å². The summed E-state index contributed by atoms with van der Waals surface area (Å²) in [7, 11) is 0. The number of hydrogen-bond acceptors (Lipinski definition) is 4. The maximum atomic E-state index is 11.6. The lowest BCUT2D eigenvalue weighted by Gasteiger charge is -2.32. The molecule has 9 heteroatoms. The predicted octanol–water partition coefficient (Wildman–Crippen LogP) is 3.98. The van der Waals surface area contributed by atoms with Crippen molar-refractivity contribution in [3.05, 3.63) is 59.2 Å². The molecule has 0 saturated carbocycles. The zero-order chi connectivity index (χ0) is 21.7. The van der Waals surface area contributed by atoms with Gasteiger partial charge in [-0.05, 0) is 73.2 Å². The van der Waals surface area contributed by atoms with E-state index in [4.69, 9.17) is 16.6 Å².